The Bertz CT molecular complexity index is 826. The summed E-state index contributed by atoms with van der Waals surface area (Å²) < 4.78 is 0. The molecule has 2 unspecified atom stereocenters. The Hall–Kier alpha value is -2.47. The summed E-state index contributed by atoms with van der Waals surface area (Å²) in [4.78, 5) is 18.1. The van der Waals surface area contributed by atoms with Gasteiger partial charge in [-0.05, 0) is 46.9 Å². The highest BCUT2D eigenvalue weighted by Crippen LogP contribution is 2.54. The number of carbonyl (C=O) groups excluding carboxylic acids is 1. The predicted octanol–water partition coefficient (Wildman–Crippen LogP) is 5.11. The minimum atomic E-state index is 0.00610. The predicted molar refractivity (Wildman–Crippen MR) is 108 cm³/mol. The van der Waals surface area contributed by atoms with Gasteiger partial charge in [0.15, 0.2) is 0 Å². The van der Waals surface area contributed by atoms with Gasteiger partial charge in [0, 0.05) is 31.0 Å². The summed E-state index contributed by atoms with van der Waals surface area (Å²) >= 11 is 0. The first-order chi connectivity index (χ1) is 12.4. The number of rotatable bonds is 5. The van der Waals surface area contributed by atoms with E-state index >= 15 is 0 Å². The Morgan fingerprint density at radius 3 is 2.73 bits per heavy atom. The second-order valence-electron chi connectivity index (χ2n) is 7.82. The minimum absolute atomic E-state index is 0.00610. The van der Waals surface area contributed by atoms with Crippen LogP contribution in [0.25, 0.3) is 0 Å². The van der Waals surface area contributed by atoms with E-state index in [0.29, 0.717) is 23.9 Å². The smallest absolute Gasteiger partial charge is 0.259 e. The van der Waals surface area contributed by atoms with Crippen LogP contribution in [-0.4, -0.2) is 17.4 Å². The Morgan fingerprint density at radius 1 is 1.35 bits per heavy atom. The SMILES string of the molecule is C#CCC1C(C)c2c(N(CCC)C(=O)c3cc[nH]c3)cccc2C1(C)C. The lowest BCUT2D eigenvalue weighted by Gasteiger charge is -2.28. The van der Waals surface area contributed by atoms with E-state index < -0.39 is 0 Å². The lowest BCUT2D eigenvalue weighted by Crippen LogP contribution is -2.32. The standard InChI is InChI=1S/C23H28N2O/c1-6-9-18-16(3)21-19(23(18,4)5)10-8-11-20(21)25(14-7-2)22(26)17-12-13-24-15-17/h1,8,10-13,15-16,18,24H,7,9,14H2,2-5H3. The maximum absolute atomic E-state index is 13.1. The number of aromatic nitrogens is 1. The molecule has 1 aliphatic rings. The molecule has 3 heteroatoms. The van der Waals surface area contributed by atoms with E-state index in [1.807, 2.05) is 11.0 Å². The normalized spacial score (nSPS) is 20.4. The van der Waals surface area contributed by atoms with E-state index in [-0.39, 0.29) is 11.3 Å². The highest BCUT2D eigenvalue weighted by atomic mass is 16.2. The van der Waals surface area contributed by atoms with Crippen LogP contribution in [0.2, 0.25) is 0 Å². The Labute approximate surface area is 156 Å². The lowest BCUT2D eigenvalue weighted by molar-refractivity contribution is 0.0987. The molecule has 1 amide bonds. The molecule has 1 aliphatic carbocycles. The molecule has 0 fully saturated rings. The Morgan fingerprint density at radius 2 is 2.12 bits per heavy atom. The molecular weight excluding hydrogens is 320 g/mol. The second-order valence-corrected chi connectivity index (χ2v) is 7.82. The highest BCUT2D eigenvalue weighted by molar-refractivity contribution is 6.06. The van der Waals surface area contributed by atoms with Gasteiger partial charge in [-0.25, -0.2) is 0 Å². The molecule has 1 N–H and O–H groups in total. The molecule has 0 saturated heterocycles. The summed E-state index contributed by atoms with van der Waals surface area (Å²) in [6, 6.07) is 8.21. The van der Waals surface area contributed by atoms with Crippen LogP contribution in [-0.2, 0) is 5.41 Å². The van der Waals surface area contributed by atoms with Crippen LogP contribution >= 0.6 is 0 Å². The van der Waals surface area contributed by atoms with Gasteiger partial charge in [-0.2, -0.15) is 0 Å². The van der Waals surface area contributed by atoms with Crippen molar-refractivity contribution in [2.45, 2.75) is 51.9 Å². The molecule has 0 aliphatic heterocycles. The van der Waals surface area contributed by atoms with Gasteiger partial charge in [0.25, 0.3) is 5.91 Å². The van der Waals surface area contributed by atoms with Gasteiger partial charge in [0.05, 0.1) is 5.56 Å². The topological polar surface area (TPSA) is 36.1 Å². The summed E-state index contributed by atoms with van der Waals surface area (Å²) in [6.07, 6.45) is 10.9. The third-order valence-electron chi connectivity index (χ3n) is 5.93. The van der Waals surface area contributed by atoms with Crippen LogP contribution in [0.5, 0.6) is 0 Å². The van der Waals surface area contributed by atoms with E-state index in [0.717, 1.165) is 18.5 Å². The van der Waals surface area contributed by atoms with Gasteiger partial charge in [0.1, 0.15) is 0 Å². The molecule has 0 saturated carbocycles. The zero-order valence-corrected chi connectivity index (χ0v) is 16.2. The van der Waals surface area contributed by atoms with Crippen molar-refractivity contribution in [3.8, 4) is 12.3 Å². The first-order valence-corrected chi connectivity index (χ1v) is 9.45. The van der Waals surface area contributed by atoms with Crippen molar-refractivity contribution < 1.29 is 4.79 Å². The summed E-state index contributed by atoms with van der Waals surface area (Å²) in [5, 5.41) is 0. The molecule has 0 spiro atoms. The van der Waals surface area contributed by atoms with Crippen molar-refractivity contribution in [3.63, 3.8) is 0 Å². The van der Waals surface area contributed by atoms with Gasteiger partial charge in [0.2, 0.25) is 0 Å². The third kappa shape index (κ3) is 2.84. The van der Waals surface area contributed by atoms with Gasteiger partial charge in [-0.15, -0.1) is 12.3 Å². The quantitative estimate of drug-likeness (QED) is 0.749. The Balaban J connectivity index is 2.11. The number of amides is 1. The van der Waals surface area contributed by atoms with E-state index in [4.69, 9.17) is 6.42 Å². The van der Waals surface area contributed by atoms with E-state index in [1.165, 1.54) is 11.1 Å². The molecule has 26 heavy (non-hydrogen) atoms. The minimum Gasteiger partial charge on any atom is -0.367 e. The molecule has 1 aromatic heterocycles. The largest absolute Gasteiger partial charge is 0.367 e. The van der Waals surface area contributed by atoms with Gasteiger partial charge in [-0.3, -0.25) is 4.79 Å². The number of benzene rings is 1. The monoisotopic (exact) mass is 348 g/mol. The number of aromatic amines is 1. The molecule has 3 rings (SSSR count). The fourth-order valence-corrected chi connectivity index (χ4v) is 4.58. The molecule has 2 aromatic rings. The summed E-state index contributed by atoms with van der Waals surface area (Å²) in [7, 11) is 0. The first kappa shape index (κ1) is 18.3. The van der Waals surface area contributed by atoms with Crippen molar-refractivity contribution >= 4 is 11.6 Å². The van der Waals surface area contributed by atoms with Crippen LogP contribution < -0.4 is 4.90 Å². The Kier molecular flexibility index (Phi) is 4.96. The van der Waals surface area contributed by atoms with Crippen LogP contribution in [0, 0.1) is 18.3 Å². The fraction of sp³-hybridized carbons (Fsp3) is 0.435. The molecule has 0 bridgehead atoms. The zero-order chi connectivity index (χ0) is 18.9. The molecule has 136 valence electrons. The number of hydrogen-bond acceptors (Lipinski definition) is 1. The van der Waals surface area contributed by atoms with Gasteiger partial charge >= 0.3 is 0 Å². The maximum Gasteiger partial charge on any atom is 0.259 e. The number of fused-ring (bicyclic) bond motifs is 1. The molecule has 1 heterocycles. The van der Waals surface area contributed by atoms with Gasteiger partial charge in [-0.1, -0.05) is 39.8 Å². The van der Waals surface area contributed by atoms with Crippen molar-refractivity contribution in [3.05, 3.63) is 53.3 Å². The van der Waals surface area contributed by atoms with E-state index in [1.54, 1.807) is 12.4 Å². The maximum atomic E-state index is 13.1. The number of carbonyl (C=O) groups is 1. The molecule has 1 aromatic carbocycles. The summed E-state index contributed by atoms with van der Waals surface area (Å²) in [5.74, 6) is 3.62. The van der Waals surface area contributed by atoms with Gasteiger partial charge < -0.3 is 9.88 Å². The summed E-state index contributed by atoms with van der Waals surface area (Å²) in [6.45, 7) is 9.62. The molecule has 3 nitrogen and oxygen atoms in total. The number of terminal acetylenes is 1. The second kappa shape index (κ2) is 7.03. The number of H-pyrrole nitrogens is 1. The average Bonchev–Trinajstić information content (AvgIpc) is 3.22. The highest BCUT2D eigenvalue weighted by Gasteiger charge is 2.45. The van der Waals surface area contributed by atoms with Crippen molar-refractivity contribution in [2.24, 2.45) is 5.92 Å². The number of nitrogens with one attached hydrogen (secondary N) is 1. The van der Waals surface area contributed by atoms with Crippen molar-refractivity contribution in [1.29, 1.82) is 0 Å². The molecule has 0 radical (unpaired) electrons. The van der Waals surface area contributed by atoms with Crippen LogP contribution in [0.1, 0.15) is 67.9 Å². The van der Waals surface area contributed by atoms with E-state index in [9.17, 15) is 4.79 Å². The average molecular weight is 348 g/mol. The van der Waals surface area contributed by atoms with Crippen LogP contribution in [0.3, 0.4) is 0 Å². The summed E-state index contributed by atoms with van der Waals surface area (Å²) in [5.41, 5.74) is 4.35. The molecule has 2 atom stereocenters. The van der Waals surface area contributed by atoms with Crippen molar-refractivity contribution in [1.82, 2.24) is 4.98 Å². The van der Waals surface area contributed by atoms with Crippen LogP contribution in [0.4, 0.5) is 5.69 Å². The number of hydrogen-bond donors (Lipinski definition) is 1. The first-order valence-electron chi connectivity index (χ1n) is 9.45. The van der Waals surface area contributed by atoms with Crippen molar-refractivity contribution in [2.75, 3.05) is 11.4 Å². The number of nitrogens with zero attached hydrogens (tertiary/aromatic N) is 1. The van der Waals surface area contributed by atoms with E-state index in [2.05, 4.69) is 56.8 Å². The third-order valence-corrected chi connectivity index (χ3v) is 5.93. The fourth-order valence-electron chi connectivity index (χ4n) is 4.58. The van der Waals surface area contributed by atoms with Crippen LogP contribution in [0.15, 0.2) is 36.7 Å². The lowest BCUT2D eigenvalue weighted by atomic mass is 9.75. The molecular formula is C23H28N2O. The number of anilines is 1. The zero-order valence-electron chi connectivity index (χ0n) is 16.2.